The molecule has 0 aromatic heterocycles. The van der Waals surface area contributed by atoms with Crippen LogP contribution in [0.15, 0.2) is 200 Å². The Balaban J connectivity index is 1.15. The van der Waals surface area contributed by atoms with Crippen molar-refractivity contribution >= 4 is 28.2 Å². The highest BCUT2D eigenvalue weighted by Crippen LogP contribution is 2.65. The predicted octanol–water partition coefficient (Wildman–Crippen LogP) is 17.7. The zero-order chi connectivity index (χ0) is 46.6. The van der Waals surface area contributed by atoms with E-state index < -0.39 is 5.41 Å². The number of allylic oxidation sites excluding steroid dienone is 9. The number of nitrogens with zero attached hydrogens (tertiary/aromatic N) is 1. The first-order chi connectivity index (χ1) is 32.3. The SMILES string of the molecule is C=CC1=C(/C=C\C)c2ccc(N(c3ccccc3)c3cccc4c3-c3ccc(C(C)(C)c5ccc6c(c5)C(C)(C)C(C)=C6/C=C\CC)cc3C43c4ccccc4-c4ccccc43)cc2C1(C)C. The van der Waals surface area contributed by atoms with Gasteiger partial charge in [-0.15, -0.1) is 0 Å². The quantitative estimate of drug-likeness (QED) is 0.140. The average Bonchev–Trinajstić information content (AvgIpc) is 3.95. The van der Waals surface area contributed by atoms with Gasteiger partial charge in [-0.05, 0) is 140 Å². The number of anilines is 3. The molecule has 7 aromatic carbocycles. The molecule has 4 aliphatic rings. The smallest absolute Gasteiger partial charge is 0.0726 e. The maximum atomic E-state index is 4.30. The van der Waals surface area contributed by atoms with Gasteiger partial charge in [-0.3, -0.25) is 0 Å². The highest BCUT2D eigenvalue weighted by atomic mass is 15.1. The minimum absolute atomic E-state index is 0.0509. The van der Waals surface area contributed by atoms with E-state index in [-0.39, 0.29) is 16.2 Å². The van der Waals surface area contributed by atoms with E-state index in [4.69, 9.17) is 0 Å². The normalized spacial score (nSPS) is 16.7. The summed E-state index contributed by atoms with van der Waals surface area (Å²) in [4.78, 5) is 2.51. The first-order valence-electron chi connectivity index (χ1n) is 24.3. The van der Waals surface area contributed by atoms with E-state index in [1.54, 1.807) is 0 Å². The van der Waals surface area contributed by atoms with Crippen LogP contribution >= 0.6 is 0 Å². The Hall–Kier alpha value is -6.96. The second-order valence-corrected chi connectivity index (χ2v) is 20.7. The van der Waals surface area contributed by atoms with Crippen LogP contribution in [0, 0.1) is 0 Å². The van der Waals surface area contributed by atoms with Crippen molar-refractivity contribution in [2.45, 2.75) is 90.4 Å². The average molecular weight is 868 g/mol. The summed E-state index contributed by atoms with van der Waals surface area (Å²) < 4.78 is 0. The second-order valence-electron chi connectivity index (χ2n) is 20.7. The van der Waals surface area contributed by atoms with E-state index in [2.05, 4.69) is 256 Å². The molecule has 4 aliphatic carbocycles. The second kappa shape index (κ2) is 15.3. The number of fused-ring (bicyclic) bond motifs is 12. The molecule has 0 saturated carbocycles. The summed E-state index contributed by atoms with van der Waals surface area (Å²) in [5.74, 6) is 0. The van der Waals surface area contributed by atoms with Gasteiger partial charge in [-0.25, -0.2) is 0 Å². The van der Waals surface area contributed by atoms with Crippen LogP contribution in [-0.4, -0.2) is 0 Å². The lowest BCUT2D eigenvalue weighted by atomic mass is 9.68. The molecule has 11 rings (SSSR count). The Kier molecular flexibility index (Phi) is 9.74. The van der Waals surface area contributed by atoms with E-state index in [1.165, 1.54) is 106 Å². The lowest BCUT2D eigenvalue weighted by molar-refractivity contribution is 0.616. The van der Waals surface area contributed by atoms with E-state index in [1.807, 2.05) is 0 Å². The van der Waals surface area contributed by atoms with Crippen molar-refractivity contribution in [1.82, 2.24) is 0 Å². The largest absolute Gasteiger partial charge is 0.310 e. The molecule has 1 spiro atoms. The lowest BCUT2D eigenvalue weighted by Gasteiger charge is -2.33. The highest BCUT2D eigenvalue weighted by Gasteiger charge is 2.53. The molecule has 67 heavy (non-hydrogen) atoms. The first-order valence-corrected chi connectivity index (χ1v) is 24.3. The third kappa shape index (κ3) is 5.86. The summed E-state index contributed by atoms with van der Waals surface area (Å²) in [6.07, 6.45) is 12.1. The Morgan fingerprint density at radius 2 is 1.12 bits per heavy atom. The van der Waals surface area contributed by atoms with Crippen LogP contribution in [0.2, 0.25) is 0 Å². The Morgan fingerprint density at radius 1 is 0.537 bits per heavy atom. The number of hydrogen-bond acceptors (Lipinski definition) is 1. The van der Waals surface area contributed by atoms with Crippen LogP contribution in [0.3, 0.4) is 0 Å². The fraction of sp³-hybridized carbons (Fsp3) is 0.212. The first kappa shape index (κ1) is 42.7. The van der Waals surface area contributed by atoms with Crippen molar-refractivity contribution in [2.75, 3.05) is 4.90 Å². The number of benzene rings is 7. The van der Waals surface area contributed by atoms with Gasteiger partial charge in [0, 0.05) is 33.2 Å². The lowest BCUT2D eigenvalue weighted by Crippen LogP contribution is -2.27. The molecule has 0 radical (unpaired) electrons. The molecule has 0 saturated heterocycles. The molecular formula is C66H61N. The molecule has 0 aliphatic heterocycles. The molecule has 330 valence electrons. The molecule has 0 N–H and O–H groups in total. The molecule has 7 aromatic rings. The number of para-hydroxylation sites is 1. The summed E-state index contributed by atoms with van der Waals surface area (Å²) in [6, 6.07) is 58.3. The van der Waals surface area contributed by atoms with E-state index >= 15 is 0 Å². The zero-order valence-electron chi connectivity index (χ0n) is 40.7. The van der Waals surface area contributed by atoms with Crippen LogP contribution in [0.4, 0.5) is 17.1 Å². The summed E-state index contributed by atoms with van der Waals surface area (Å²) in [6.45, 7) is 25.3. The van der Waals surface area contributed by atoms with Gasteiger partial charge in [-0.2, -0.15) is 0 Å². The van der Waals surface area contributed by atoms with Gasteiger partial charge >= 0.3 is 0 Å². The maximum absolute atomic E-state index is 4.30. The summed E-state index contributed by atoms with van der Waals surface area (Å²) in [5, 5.41) is 0. The van der Waals surface area contributed by atoms with Crippen molar-refractivity contribution in [3.8, 4) is 22.3 Å². The molecular weight excluding hydrogens is 807 g/mol. The van der Waals surface area contributed by atoms with E-state index in [9.17, 15) is 0 Å². The predicted molar refractivity (Wildman–Crippen MR) is 286 cm³/mol. The summed E-state index contributed by atoms with van der Waals surface area (Å²) >= 11 is 0. The van der Waals surface area contributed by atoms with Crippen molar-refractivity contribution in [3.05, 3.63) is 255 Å². The van der Waals surface area contributed by atoms with Crippen LogP contribution in [0.1, 0.15) is 124 Å². The third-order valence-corrected chi connectivity index (χ3v) is 16.4. The van der Waals surface area contributed by atoms with Crippen molar-refractivity contribution in [3.63, 3.8) is 0 Å². The molecule has 1 heteroatoms. The summed E-state index contributed by atoms with van der Waals surface area (Å²) in [7, 11) is 0. The van der Waals surface area contributed by atoms with Gasteiger partial charge in [0.15, 0.2) is 0 Å². The van der Waals surface area contributed by atoms with Crippen LogP contribution < -0.4 is 4.90 Å². The van der Waals surface area contributed by atoms with Crippen LogP contribution in [0.25, 0.3) is 33.4 Å². The zero-order valence-corrected chi connectivity index (χ0v) is 40.7. The number of hydrogen-bond donors (Lipinski definition) is 0. The number of rotatable bonds is 9. The monoisotopic (exact) mass is 867 g/mol. The topological polar surface area (TPSA) is 3.24 Å². The standard InChI is InChI=1S/C66H61N/c1-11-14-26-47-42(4)63(5,6)58-39-43(33-36-51(47)58)64(7,8)44-34-37-53-60(40-44)66(55-29-20-18-27-49(55)50-28-19-21-30-56(50)66)57-31-22-32-61(62(53)57)67(45-24-16-15-17-25-45)46-35-38-52-48(23-12-2)54(13-3)65(9,10)59(52)41-46/h12-41H,3,11H2,1-2,4-10H3/b23-12-,26-14-. The molecule has 1 nitrogen and oxygen atoms in total. The van der Waals surface area contributed by atoms with Crippen molar-refractivity contribution in [1.29, 1.82) is 0 Å². The fourth-order valence-corrected chi connectivity index (χ4v) is 12.6. The van der Waals surface area contributed by atoms with E-state index in [0.717, 1.165) is 17.8 Å². The minimum atomic E-state index is -0.520. The Bertz CT molecular complexity index is 3290. The molecule has 0 unspecified atom stereocenters. The van der Waals surface area contributed by atoms with E-state index in [0.29, 0.717) is 0 Å². The summed E-state index contributed by atoms with van der Waals surface area (Å²) in [5.41, 5.74) is 26.3. The molecule has 0 fully saturated rings. The van der Waals surface area contributed by atoms with Gasteiger partial charge in [0.2, 0.25) is 0 Å². The Labute approximate surface area is 399 Å². The highest BCUT2D eigenvalue weighted by molar-refractivity contribution is 6.02. The van der Waals surface area contributed by atoms with Crippen LogP contribution in [0.5, 0.6) is 0 Å². The fourth-order valence-electron chi connectivity index (χ4n) is 12.6. The maximum Gasteiger partial charge on any atom is 0.0726 e. The molecule has 0 amide bonds. The van der Waals surface area contributed by atoms with Crippen LogP contribution in [-0.2, 0) is 21.7 Å². The van der Waals surface area contributed by atoms with Gasteiger partial charge < -0.3 is 4.90 Å². The van der Waals surface area contributed by atoms with Crippen molar-refractivity contribution < 1.29 is 0 Å². The molecule has 0 atom stereocenters. The third-order valence-electron chi connectivity index (χ3n) is 16.4. The molecule has 0 heterocycles. The van der Waals surface area contributed by atoms with Gasteiger partial charge in [0.25, 0.3) is 0 Å². The Morgan fingerprint density at radius 3 is 1.78 bits per heavy atom. The van der Waals surface area contributed by atoms with Gasteiger partial charge in [-0.1, -0.05) is 212 Å². The molecule has 0 bridgehead atoms. The van der Waals surface area contributed by atoms with Gasteiger partial charge in [0.1, 0.15) is 0 Å². The van der Waals surface area contributed by atoms with Gasteiger partial charge in [0.05, 0.1) is 11.1 Å². The minimum Gasteiger partial charge on any atom is -0.310 e. The van der Waals surface area contributed by atoms with Crippen molar-refractivity contribution in [2.24, 2.45) is 0 Å².